The van der Waals surface area contributed by atoms with Crippen molar-refractivity contribution in [2.75, 3.05) is 18.6 Å². The van der Waals surface area contributed by atoms with E-state index in [1.54, 1.807) is 53.2 Å². The van der Waals surface area contributed by atoms with Crippen molar-refractivity contribution >= 4 is 11.7 Å². The summed E-state index contributed by atoms with van der Waals surface area (Å²) < 4.78 is 19.1. The summed E-state index contributed by atoms with van der Waals surface area (Å²) >= 11 is 0. The number of hydrogen-bond donors (Lipinski definition) is 6. The Morgan fingerprint density at radius 2 is 1.52 bits per heavy atom. The van der Waals surface area contributed by atoms with Crippen LogP contribution in [-0.4, -0.2) is 85.7 Å². The van der Waals surface area contributed by atoms with Crippen LogP contribution in [0.15, 0.2) is 97.1 Å². The summed E-state index contributed by atoms with van der Waals surface area (Å²) in [7, 11) is 1.70. The van der Waals surface area contributed by atoms with Gasteiger partial charge in [-0.15, -0.1) is 0 Å². The predicted molar refractivity (Wildman–Crippen MR) is 175 cm³/mol. The van der Waals surface area contributed by atoms with E-state index in [-0.39, 0.29) is 11.8 Å². The number of likely N-dealkylation sites (N-methyl/N-ethyl adjacent to an activating group) is 1. The zero-order chi connectivity index (χ0) is 34.1. The van der Waals surface area contributed by atoms with Crippen molar-refractivity contribution in [3.63, 3.8) is 0 Å². The average molecular weight is 659 g/mol. The molecule has 2 aliphatic rings. The summed E-state index contributed by atoms with van der Waals surface area (Å²) in [5.41, 5.74) is 3.72. The van der Waals surface area contributed by atoms with Gasteiger partial charge in [-0.25, -0.2) is 9.18 Å². The fourth-order valence-electron chi connectivity index (χ4n) is 6.77. The first-order chi connectivity index (χ1) is 23.1. The number of aliphatic hydroxyl groups is 5. The zero-order valence-electron chi connectivity index (χ0n) is 26.2. The fraction of sp³-hybridized carbons (Fsp3) is 0.324. The highest BCUT2D eigenvalue weighted by Gasteiger charge is 2.47. The Morgan fingerprint density at radius 3 is 2.17 bits per heavy atom. The highest BCUT2D eigenvalue weighted by Crippen LogP contribution is 2.44. The van der Waals surface area contributed by atoms with Gasteiger partial charge >= 0.3 is 6.03 Å². The molecule has 6 N–H and O–H groups in total. The molecule has 0 radical (unpaired) electrons. The third-order valence-corrected chi connectivity index (χ3v) is 9.49. The highest BCUT2D eigenvalue weighted by molar-refractivity contribution is 5.96. The molecular weight excluding hydrogens is 619 g/mol. The lowest BCUT2D eigenvalue weighted by Gasteiger charge is -2.40. The van der Waals surface area contributed by atoms with Crippen LogP contribution in [0.1, 0.15) is 47.8 Å². The second-order valence-corrected chi connectivity index (χ2v) is 12.4. The average Bonchev–Trinajstić information content (AvgIpc) is 3.35. The molecule has 11 heteroatoms. The van der Waals surface area contributed by atoms with Crippen molar-refractivity contribution < 1.29 is 44.6 Å². The molecule has 2 aliphatic heterocycles. The zero-order valence-corrected chi connectivity index (χ0v) is 26.2. The predicted octanol–water partition coefficient (Wildman–Crippen LogP) is 4.21. The van der Waals surface area contributed by atoms with Gasteiger partial charge in [0.05, 0.1) is 24.8 Å². The van der Waals surface area contributed by atoms with Crippen LogP contribution >= 0.6 is 0 Å². The second-order valence-electron chi connectivity index (χ2n) is 12.4. The maximum Gasteiger partial charge on any atom is 0.325 e. The number of hydrogen-bond acceptors (Lipinski definition) is 8. The maximum absolute atomic E-state index is 13.7. The number of nitrogens with zero attached hydrogens (tertiary/aromatic N) is 2. The monoisotopic (exact) mass is 658 g/mol. The van der Waals surface area contributed by atoms with Gasteiger partial charge in [-0.05, 0) is 65.4 Å². The molecule has 2 heterocycles. The Morgan fingerprint density at radius 1 is 0.854 bits per heavy atom. The second kappa shape index (κ2) is 14.0. The molecule has 4 aromatic carbocycles. The smallest absolute Gasteiger partial charge is 0.325 e. The topological polar surface area (TPSA) is 154 Å². The summed E-state index contributed by atoms with van der Waals surface area (Å²) in [6.45, 7) is -0.523. The summed E-state index contributed by atoms with van der Waals surface area (Å²) in [6.07, 6.45) is -6.51. The van der Waals surface area contributed by atoms with Crippen molar-refractivity contribution in [3.8, 4) is 16.9 Å². The Kier molecular flexibility index (Phi) is 9.79. The van der Waals surface area contributed by atoms with Crippen molar-refractivity contribution in [1.82, 2.24) is 4.90 Å². The van der Waals surface area contributed by atoms with Crippen LogP contribution in [0.25, 0.3) is 11.1 Å². The number of carbonyl (C=O) groups is 1. The van der Waals surface area contributed by atoms with Crippen molar-refractivity contribution in [2.45, 2.75) is 61.5 Å². The molecule has 48 heavy (non-hydrogen) atoms. The summed E-state index contributed by atoms with van der Waals surface area (Å²) in [6, 6.07) is 25.8. The van der Waals surface area contributed by atoms with Gasteiger partial charge < -0.3 is 40.3 Å². The third-order valence-electron chi connectivity index (χ3n) is 9.49. The number of halogens is 1. The molecule has 6 rings (SSSR count). The van der Waals surface area contributed by atoms with Gasteiger partial charge in [0.25, 0.3) is 0 Å². The molecule has 8 atom stereocenters. The molecule has 0 saturated carbocycles. The molecule has 10 nitrogen and oxygen atoms in total. The quantitative estimate of drug-likeness (QED) is 0.156. The Balaban J connectivity index is 1.27. The van der Waals surface area contributed by atoms with E-state index in [4.69, 9.17) is 4.74 Å². The van der Waals surface area contributed by atoms with Gasteiger partial charge in [-0.1, -0.05) is 66.7 Å². The molecule has 2 saturated heterocycles. The Hall–Kier alpha value is -4.36. The molecular formula is C37H39FN2O8. The number of urea groups is 1. The Labute approximate surface area is 277 Å². The lowest BCUT2D eigenvalue weighted by Crippen LogP contribution is -2.55. The summed E-state index contributed by atoms with van der Waals surface area (Å²) in [5, 5.41) is 62.8. The van der Waals surface area contributed by atoms with Gasteiger partial charge in [0.15, 0.2) is 0 Å². The van der Waals surface area contributed by atoms with Gasteiger partial charge in [-0.2, -0.15) is 0 Å². The van der Waals surface area contributed by atoms with E-state index in [2.05, 4.69) is 0 Å². The van der Waals surface area contributed by atoms with E-state index in [9.17, 15) is 39.8 Å². The van der Waals surface area contributed by atoms with E-state index in [1.807, 2.05) is 36.4 Å². The van der Waals surface area contributed by atoms with Crippen LogP contribution in [0.5, 0.6) is 5.75 Å². The van der Waals surface area contributed by atoms with Crippen LogP contribution in [0.3, 0.4) is 0 Å². The van der Waals surface area contributed by atoms with E-state index in [1.165, 1.54) is 24.3 Å². The molecule has 4 aromatic rings. The van der Waals surface area contributed by atoms with Gasteiger partial charge in [0.2, 0.25) is 0 Å². The molecule has 0 aliphatic carbocycles. The number of aromatic hydroxyl groups is 1. The minimum atomic E-state index is -1.49. The number of aliphatic hydroxyl groups excluding tert-OH is 5. The SMILES string of the molecule is CN1C(=O)N(c2ccccc2)[C@H](c2ccc(-c3ccc(C4O[C@H](CO)[C@@H](O)[C@H](O)[C@H]4O)cc3)cc2O)[C@H]1CCC(O)c1ccc(F)cc1. The number of benzene rings is 4. The number of phenols is 1. The number of phenolic OH excluding ortho intramolecular Hbond substituents is 1. The largest absolute Gasteiger partial charge is 0.508 e. The molecule has 0 bridgehead atoms. The molecule has 2 fully saturated rings. The number of amides is 2. The normalized spacial score (nSPS) is 26.6. The lowest BCUT2D eigenvalue weighted by molar-refractivity contribution is -0.231. The number of anilines is 1. The number of ether oxygens (including phenoxy) is 1. The molecule has 252 valence electrons. The first-order valence-electron chi connectivity index (χ1n) is 15.9. The van der Waals surface area contributed by atoms with Crippen molar-refractivity contribution in [2.24, 2.45) is 0 Å². The van der Waals surface area contributed by atoms with Gasteiger partial charge in [0.1, 0.15) is 42.1 Å². The summed E-state index contributed by atoms with van der Waals surface area (Å²) in [4.78, 5) is 17.0. The maximum atomic E-state index is 13.7. The van der Waals surface area contributed by atoms with Crippen LogP contribution in [-0.2, 0) is 4.74 Å². The molecule has 0 spiro atoms. The number of rotatable bonds is 9. The Bertz CT molecular complexity index is 1710. The third kappa shape index (κ3) is 6.40. The van der Waals surface area contributed by atoms with E-state index < -0.39 is 61.1 Å². The molecule has 2 amide bonds. The standard InChI is InChI=1S/C37H39FN2O8/c1-39-28(17-18-29(42)22-11-14-25(38)15-12-22)32(40(37(39)47)26-5-3-2-4-6-26)27-16-13-24(19-30(27)43)21-7-9-23(10-8-21)36-35(46)34(45)33(44)31(20-41)48-36/h2-16,19,28-29,31-36,41-46H,17-18,20H2,1H3/t28-,29?,31-,32-,33-,34+,35-,36?/m1/s1. The molecule has 2 unspecified atom stereocenters. The first-order valence-corrected chi connectivity index (χ1v) is 15.9. The number of carbonyl (C=O) groups excluding carboxylic acids is 1. The van der Waals surface area contributed by atoms with Crippen LogP contribution in [0.4, 0.5) is 14.9 Å². The fourth-order valence-corrected chi connectivity index (χ4v) is 6.77. The minimum absolute atomic E-state index is 0.0244. The van der Waals surface area contributed by atoms with Crippen molar-refractivity contribution in [1.29, 1.82) is 0 Å². The van der Waals surface area contributed by atoms with Crippen molar-refractivity contribution in [3.05, 3.63) is 120 Å². The van der Waals surface area contributed by atoms with Crippen LogP contribution in [0.2, 0.25) is 0 Å². The van der Waals surface area contributed by atoms with Gasteiger partial charge in [0, 0.05) is 18.3 Å². The van der Waals surface area contributed by atoms with Crippen LogP contribution in [0, 0.1) is 5.82 Å². The van der Waals surface area contributed by atoms with E-state index >= 15 is 0 Å². The highest BCUT2D eigenvalue weighted by atomic mass is 19.1. The number of para-hydroxylation sites is 1. The van der Waals surface area contributed by atoms with Crippen LogP contribution < -0.4 is 4.90 Å². The first kappa shape index (κ1) is 33.5. The van der Waals surface area contributed by atoms with E-state index in [0.29, 0.717) is 40.8 Å². The van der Waals surface area contributed by atoms with E-state index in [0.717, 1.165) is 5.56 Å². The van der Waals surface area contributed by atoms with Gasteiger partial charge in [-0.3, -0.25) is 4.90 Å². The minimum Gasteiger partial charge on any atom is -0.508 e. The molecule has 0 aromatic heterocycles. The summed E-state index contributed by atoms with van der Waals surface area (Å²) in [5.74, 6) is -0.419. The lowest BCUT2D eigenvalue weighted by atomic mass is 9.89.